The van der Waals surface area contributed by atoms with E-state index in [1.165, 1.54) is 7.05 Å². The number of nitrogens with zero attached hydrogens (tertiary/aromatic N) is 4. The number of hydrogen-bond acceptors (Lipinski definition) is 7. The maximum atomic E-state index is 12.3. The van der Waals surface area contributed by atoms with Gasteiger partial charge in [0.25, 0.3) is 10.2 Å². The van der Waals surface area contributed by atoms with Crippen LogP contribution in [0, 0.1) is 0 Å². The molecule has 144 valence electrons. The van der Waals surface area contributed by atoms with Crippen molar-refractivity contribution in [2.75, 3.05) is 51.3 Å². The second-order valence-corrected chi connectivity index (χ2v) is 7.93. The Morgan fingerprint density at radius 3 is 2.92 bits per heavy atom. The Kier molecular flexibility index (Phi) is 6.01. The molecular formula is C15H24N6O4S. The predicted octanol–water partition coefficient (Wildman–Crippen LogP) is -1.36. The summed E-state index contributed by atoms with van der Waals surface area (Å²) >= 11 is 0. The van der Waals surface area contributed by atoms with Gasteiger partial charge < -0.3 is 14.5 Å². The van der Waals surface area contributed by atoms with Crippen LogP contribution in [0.25, 0.3) is 0 Å². The summed E-state index contributed by atoms with van der Waals surface area (Å²) in [6, 6.07) is 1.98. The maximum absolute atomic E-state index is 12.3. The van der Waals surface area contributed by atoms with Gasteiger partial charge in [-0.2, -0.15) is 18.2 Å². The van der Waals surface area contributed by atoms with Crippen LogP contribution in [-0.4, -0.2) is 75.9 Å². The van der Waals surface area contributed by atoms with Gasteiger partial charge in [0.1, 0.15) is 0 Å². The molecular weight excluding hydrogens is 360 g/mol. The molecule has 26 heavy (non-hydrogen) atoms. The van der Waals surface area contributed by atoms with E-state index in [9.17, 15) is 13.2 Å². The van der Waals surface area contributed by atoms with Gasteiger partial charge >= 0.3 is 0 Å². The zero-order valence-electron chi connectivity index (χ0n) is 14.8. The number of carbonyl (C=O) groups excluding carboxylic acids is 1. The first kappa shape index (κ1) is 19.0. The predicted molar refractivity (Wildman–Crippen MR) is 94.8 cm³/mol. The van der Waals surface area contributed by atoms with E-state index >= 15 is 0 Å². The van der Waals surface area contributed by atoms with Gasteiger partial charge in [-0.3, -0.25) is 4.79 Å². The highest BCUT2D eigenvalue weighted by atomic mass is 32.2. The van der Waals surface area contributed by atoms with E-state index in [0.29, 0.717) is 26.1 Å². The number of hydrogen-bond donors (Lipinski definition) is 2. The Labute approximate surface area is 153 Å². The molecule has 1 aromatic heterocycles. The molecule has 2 N–H and O–H groups in total. The first-order valence-electron chi connectivity index (χ1n) is 8.62. The summed E-state index contributed by atoms with van der Waals surface area (Å²) in [5.41, 5.74) is 1.84. The fourth-order valence-electron chi connectivity index (χ4n) is 3.00. The second kappa shape index (κ2) is 8.25. The van der Waals surface area contributed by atoms with Crippen LogP contribution in [0.1, 0.15) is 17.7 Å². The highest BCUT2D eigenvalue weighted by Crippen LogP contribution is 2.21. The number of aromatic nitrogens is 2. The van der Waals surface area contributed by atoms with Gasteiger partial charge in [-0.15, -0.1) is 5.10 Å². The van der Waals surface area contributed by atoms with Crippen molar-refractivity contribution in [3.63, 3.8) is 0 Å². The average molecular weight is 384 g/mol. The fourth-order valence-corrected chi connectivity index (χ4v) is 3.46. The van der Waals surface area contributed by atoms with Crippen molar-refractivity contribution in [3.05, 3.63) is 17.3 Å². The summed E-state index contributed by atoms with van der Waals surface area (Å²) in [5.74, 6) is 0.524. The van der Waals surface area contributed by atoms with Crippen LogP contribution in [0.4, 0.5) is 5.82 Å². The number of carbonyl (C=O) groups is 1. The molecule has 0 aliphatic carbocycles. The largest absolute Gasteiger partial charge is 0.380 e. The summed E-state index contributed by atoms with van der Waals surface area (Å²) in [5, 5.41) is 8.65. The van der Waals surface area contributed by atoms with Gasteiger partial charge in [-0.1, -0.05) is 0 Å². The summed E-state index contributed by atoms with van der Waals surface area (Å²) < 4.78 is 32.6. The van der Waals surface area contributed by atoms with E-state index in [0.717, 1.165) is 43.2 Å². The molecule has 1 fully saturated rings. The van der Waals surface area contributed by atoms with Crippen LogP contribution >= 0.6 is 0 Å². The minimum absolute atomic E-state index is 0.268. The number of anilines is 1. The van der Waals surface area contributed by atoms with E-state index in [2.05, 4.69) is 24.5 Å². The first-order chi connectivity index (χ1) is 12.5. The SMILES string of the molecule is CNS(=O)(=O)NCC(=O)N1CCc2nnc(N3CCCOCC3)cc2C1. The van der Waals surface area contributed by atoms with Crippen LogP contribution in [0.15, 0.2) is 6.07 Å². The molecule has 0 spiro atoms. The molecule has 3 heterocycles. The second-order valence-electron chi connectivity index (χ2n) is 6.22. The van der Waals surface area contributed by atoms with Crippen molar-refractivity contribution in [1.29, 1.82) is 0 Å². The van der Waals surface area contributed by atoms with Crippen molar-refractivity contribution in [3.8, 4) is 0 Å². The quantitative estimate of drug-likeness (QED) is 0.644. The molecule has 0 radical (unpaired) electrons. The Balaban J connectivity index is 1.66. The highest BCUT2D eigenvalue weighted by molar-refractivity contribution is 7.87. The van der Waals surface area contributed by atoms with E-state index in [4.69, 9.17) is 4.74 Å². The van der Waals surface area contributed by atoms with Gasteiger partial charge in [0.05, 0.1) is 18.8 Å². The van der Waals surface area contributed by atoms with Gasteiger partial charge in [-0.25, -0.2) is 4.72 Å². The normalized spacial score (nSPS) is 18.3. The van der Waals surface area contributed by atoms with Gasteiger partial charge in [0.15, 0.2) is 5.82 Å². The summed E-state index contributed by atoms with van der Waals surface area (Å²) in [6.07, 6.45) is 1.55. The third kappa shape index (κ3) is 4.67. The molecule has 0 unspecified atom stereocenters. The number of ether oxygens (including phenoxy) is 1. The van der Waals surface area contributed by atoms with Gasteiger partial charge in [-0.05, 0) is 18.1 Å². The van der Waals surface area contributed by atoms with E-state index < -0.39 is 10.2 Å². The van der Waals surface area contributed by atoms with Crippen molar-refractivity contribution >= 4 is 21.9 Å². The van der Waals surface area contributed by atoms with Gasteiger partial charge in [0, 0.05) is 46.3 Å². The first-order valence-corrected chi connectivity index (χ1v) is 10.1. The van der Waals surface area contributed by atoms with E-state index in [1.807, 2.05) is 6.07 Å². The lowest BCUT2D eigenvalue weighted by atomic mass is 10.1. The van der Waals surface area contributed by atoms with Crippen molar-refractivity contribution in [2.45, 2.75) is 19.4 Å². The number of rotatable bonds is 5. The molecule has 0 saturated carbocycles. The zero-order chi connectivity index (χ0) is 18.6. The molecule has 0 atom stereocenters. The average Bonchev–Trinajstić information content (AvgIpc) is 2.95. The molecule has 1 saturated heterocycles. The Hall–Kier alpha value is -1.82. The molecule has 11 heteroatoms. The molecule has 3 rings (SSSR count). The molecule has 10 nitrogen and oxygen atoms in total. The van der Waals surface area contributed by atoms with Crippen LogP contribution < -0.4 is 14.3 Å². The standard InChI is InChI=1S/C15H24N6O4S/c1-16-26(23,24)17-10-15(22)21-5-3-13-12(11-21)9-14(19-18-13)20-4-2-7-25-8-6-20/h9,16-17H,2-8,10-11H2,1H3. The molecule has 2 aliphatic rings. The number of fused-ring (bicyclic) bond motifs is 1. The summed E-state index contributed by atoms with van der Waals surface area (Å²) in [4.78, 5) is 16.1. The third-order valence-corrected chi connectivity index (χ3v) is 5.57. The lowest BCUT2D eigenvalue weighted by molar-refractivity contribution is -0.130. The Morgan fingerprint density at radius 1 is 1.27 bits per heavy atom. The fraction of sp³-hybridized carbons (Fsp3) is 0.667. The van der Waals surface area contributed by atoms with E-state index in [1.54, 1.807) is 4.90 Å². The van der Waals surface area contributed by atoms with E-state index in [-0.39, 0.29) is 12.5 Å². The number of amides is 1. The van der Waals surface area contributed by atoms with Gasteiger partial charge in [0.2, 0.25) is 5.91 Å². The topological polar surface area (TPSA) is 117 Å². The molecule has 0 aromatic carbocycles. The zero-order valence-corrected chi connectivity index (χ0v) is 15.6. The maximum Gasteiger partial charge on any atom is 0.277 e. The lowest BCUT2D eigenvalue weighted by Crippen LogP contribution is -2.45. The van der Waals surface area contributed by atoms with Crippen molar-refractivity contribution < 1.29 is 17.9 Å². The smallest absolute Gasteiger partial charge is 0.277 e. The van der Waals surface area contributed by atoms with Crippen LogP contribution in [-0.2, 0) is 32.7 Å². The van der Waals surface area contributed by atoms with Crippen LogP contribution in [0.5, 0.6) is 0 Å². The molecule has 1 aromatic rings. The molecule has 0 bridgehead atoms. The number of nitrogens with one attached hydrogen (secondary N) is 2. The van der Waals surface area contributed by atoms with Crippen LogP contribution in [0.3, 0.4) is 0 Å². The van der Waals surface area contributed by atoms with Crippen molar-refractivity contribution in [1.82, 2.24) is 24.5 Å². The van der Waals surface area contributed by atoms with Crippen LogP contribution in [0.2, 0.25) is 0 Å². The Bertz CT molecular complexity index is 749. The van der Waals surface area contributed by atoms with Crippen molar-refractivity contribution in [2.24, 2.45) is 0 Å². The summed E-state index contributed by atoms with van der Waals surface area (Å²) in [6.45, 7) is 3.67. The minimum Gasteiger partial charge on any atom is -0.380 e. The third-order valence-electron chi connectivity index (χ3n) is 4.51. The molecule has 1 amide bonds. The molecule has 2 aliphatic heterocycles. The Morgan fingerprint density at radius 2 is 2.12 bits per heavy atom. The monoisotopic (exact) mass is 384 g/mol. The highest BCUT2D eigenvalue weighted by Gasteiger charge is 2.24. The summed E-state index contributed by atoms with van der Waals surface area (Å²) in [7, 11) is -2.34. The lowest BCUT2D eigenvalue weighted by Gasteiger charge is -2.29. The minimum atomic E-state index is -3.63.